The molecule has 0 aromatic carbocycles. The second kappa shape index (κ2) is 6.72. The Balaban J connectivity index is 2.88. The summed E-state index contributed by atoms with van der Waals surface area (Å²) in [5.41, 5.74) is 2.33. The van der Waals surface area contributed by atoms with E-state index in [2.05, 4.69) is 18.9 Å². The van der Waals surface area contributed by atoms with Crippen LogP contribution >= 0.6 is 0 Å². The number of nitrogens with zero attached hydrogens (tertiary/aromatic N) is 1. The van der Waals surface area contributed by atoms with E-state index in [4.69, 9.17) is 11.7 Å². The summed E-state index contributed by atoms with van der Waals surface area (Å²) in [7, 11) is 0. The standard InChI is InChI=1S/C16H19NO/c1-4-6-13(3)15(11-17)16(18)10-14-8-5-7-12(2)9-14/h1,6,9,14,18H,5,7-8,10H2,2-3H3/b13-6-,16-15+. The minimum Gasteiger partial charge on any atom is -0.511 e. The molecule has 0 aromatic rings. The third-order valence-corrected chi connectivity index (χ3v) is 3.22. The van der Waals surface area contributed by atoms with Crippen LogP contribution in [0.25, 0.3) is 0 Å². The van der Waals surface area contributed by atoms with Gasteiger partial charge in [-0.05, 0) is 50.7 Å². The summed E-state index contributed by atoms with van der Waals surface area (Å²) in [5.74, 6) is 2.86. The summed E-state index contributed by atoms with van der Waals surface area (Å²) >= 11 is 0. The molecule has 18 heavy (non-hydrogen) atoms. The molecular weight excluding hydrogens is 222 g/mol. The summed E-state index contributed by atoms with van der Waals surface area (Å²) in [6.07, 6.45) is 12.8. The molecule has 94 valence electrons. The predicted molar refractivity (Wildman–Crippen MR) is 73.6 cm³/mol. The van der Waals surface area contributed by atoms with Crippen LogP contribution in [0.2, 0.25) is 0 Å². The summed E-state index contributed by atoms with van der Waals surface area (Å²) in [6, 6.07) is 2.03. The van der Waals surface area contributed by atoms with Crippen LogP contribution in [0.5, 0.6) is 0 Å². The van der Waals surface area contributed by atoms with E-state index in [1.165, 1.54) is 11.6 Å². The van der Waals surface area contributed by atoms with E-state index in [1.54, 1.807) is 6.92 Å². The second-order valence-corrected chi connectivity index (χ2v) is 4.80. The number of aliphatic hydroxyl groups is 1. The predicted octanol–water partition coefficient (Wildman–Crippen LogP) is 4.04. The molecule has 2 nitrogen and oxygen atoms in total. The highest BCUT2D eigenvalue weighted by Gasteiger charge is 2.16. The number of allylic oxidation sites excluding steroid dienone is 6. The molecule has 1 atom stereocenters. The lowest BCUT2D eigenvalue weighted by atomic mass is 9.87. The molecule has 0 saturated carbocycles. The Hall–Kier alpha value is -1.93. The molecule has 0 fully saturated rings. The first-order valence-corrected chi connectivity index (χ1v) is 6.21. The molecule has 0 heterocycles. The van der Waals surface area contributed by atoms with Gasteiger partial charge in [-0.2, -0.15) is 5.26 Å². The summed E-state index contributed by atoms with van der Waals surface area (Å²) < 4.78 is 0. The van der Waals surface area contributed by atoms with Crippen molar-refractivity contribution in [3.05, 3.63) is 34.6 Å². The molecule has 1 aliphatic carbocycles. The van der Waals surface area contributed by atoms with Gasteiger partial charge in [0.15, 0.2) is 0 Å². The number of terminal acetylenes is 1. The van der Waals surface area contributed by atoms with Gasteiger partial charge in [-0.15, -0.1) is 6.42 Å². The van der Waals surface area contributed by atoms with E-state index in [-0.39, 0.29) is 5.76 Å². The van der Waals surface area contributed by atoms with Gasteiger partial charge in [0.1, 0.15) is 11.8 Å². The van der Waals surface area contributed by atoms with Crippen LogP contribution < -0.4 is 0 Å². The highest BCUT2D eigenvalue weighted by atomic mass is 16.3. The maximum absolute atomic E-state index is 10.1. The number of aliphatic hydroxyl groups excluding tert-OH is 1. The van der Waals surface area contributed by atoms with Gasteiger partial charge in [-0.1, -0.05) is 17.6 Å². The lowest BCUT2D eigenvalue weighted by Crippen LogP contribution is -2.06. The van der Waals surface area contributed by atoms with Gasteiger partial charge in [-0.3, -0.25) is 0 Å². The Kier molecular flexibility index (Phi) is 5.28. The summed E-state index contributed by atoms with van der Waals surface area (Å²) in [5, 5.41) is 19.1. The molecule has 1 aliphatic rings. The van der Waals surface area contributed by atoms with Crippen molar-refractivity contribution < 1.29 is 5.11 Å². The SMILES string of the molecule is C#C/C=C(C)\C(C#N)=C(\O)CC1C=C(C)CCC1. The van der Waals surface area contributed by atoms with Gasteiger partial charge >= 0.3 is 0 Å². The van der Waals surface area contributed by atoms with Crippen molar-refractivity contribution in [2.75, 3.05) is 0 Å². The maximum Gasteiger partial charge on any atom is 0.111 e. The minimum atomic E-state index is 0.150. The molecule has 0 spiro atoms. The Morgan fingerprint density at radius 3 is 2.94 bits per heavy atom. The fraction of sp³-hybridized carbons (Fsp3) is 0.438. The average Bonchev–Trinajstić information content (AvgIpc) is 2.30. The molecule has 1 unspecified atom stereocenters. The summed E-state index contributed by atoms with van der Waals surface area (Å²) in [6.45, 7) is 3.86. The normalized spacial score (nSPS) is 21.4. The zero-order valence-corrected chi connectivity index (χ0v) is 11.0. The van der Waals surface area contributed by atoms with Crippen molar-refractivity contribution in [2.45, 2.75) is 39.5 Å². The van der Waals surface area contributed by atoms with Gasteiger partial charge in [-0.25, -0.2) is 0 Å². The first-order chi connectivity index (χ1) is 8.58. The first kappa shape index (κ1) is 14.1. The highest BCUT2D eigenvalue weighted by Crippen LogP contribution is 2.28. The topological polar surface area (TPSA) is 44.0 Å². The molecule has 0 aromatic heterocycles. The fourth-order valence-corrected chi connectivity index (χ4v) is 2.30. The van der Waals surface area contributed by atoms with Crippen molar-refractivity contribution >= 4 is 0 Å². The molecule has 1 rings (SSSR count). The number of rotatable bonds is 3. The molecule has 0 bridgehead atoms. The smallest absolute Gasteiger partial charge is 0.111 e. The van der Waals surface area contributed by atoms with E-state index in [0.717, 1.165) is 19.3 Å². The molecule has 2 heteroatoms. The number of hydrogen-bond acceptors (Lipinski definition) is 2. The van der Waals surface area contributed by atoms with Crippen molar-refractivity contribution in [2.24, 2.45) is 5.92 Å². The Morgan fingerprint density at radius 1 is 1.67 bits per heavy atom. The number of hydrogen-bond donors (Lipinski definition) is 1. The highest BCUT2D eigenvalue weighted by molar-refractivity contribution is 5.45. The third-order valence-electron chi connectivity index (χ3n) is 3.22. The van der Waals surface area contributed by atoms with Crippen LogP contribution in [0.1, 0.15) is 39.5 Å². The van der Waals surface area contributed by atoms with Gasteiger partial charge in [0.25, 0.3) is 0 Å². The first-order valence-electron chi connectivity index (χ1n) is 6.21. The lowest BCUT2D eigenvalue weighted by molar-refractivity contribution is 0.352. The van der Waals surface area contributed by atoms with Crippen molar-refractivity contribution in [1.29, 1.82) is 5.26 Å². The third kappa shape index (κ3) is 3.82. The van der Waals surface area contributed by atoms with Crippen molar-refractivity contribution in [3.63, 3.8) is 0 Å². The molecule has 1 N–H and O–H groups in total. The zero-order valence-electron chi connectivity index (χ0n) is 11.0. The van der Waals surface area contributed by atoms with Gasteiger partial charge < -0.3 is 5.11 Å². The summed E-state index contributed by atoms with van der Waals surface area (Å²) in [4.78, 5) is 0. The lowest BCUT2D eigenvalue weighted by Gasteiger charge is -2.19. The van der Waals surface area contributed by atoms with E-state index < -0.39 is 0 Å². The van der Waals surface area contributed by atoms with Crippen LogP contribution in [0, 0.1) is 29.6 Å². The van der Waals surface area contributed by atoms with E-state index in [1.807, 2.05) is 6.07 Å². The van der Waals surface area contributed by atoms with Gasteiger partial charge in [0.05, 0.1) is 5.57 Å². The monoisotopic (exact) mass is 241 g/mol. The van der Waals surface area contributed by atoms with Crippen LogP contribution in [0.3, 0.4) is 0 Å². The van der Waals surface area contributed by atoms with E-state index in [0.29, 0.717) is 23.5 Å². The quantitative estimate of drug-likeness (QED) is 0.266. The Bertz CT molecular complexity index is 480. The van der Waals surface area contributed by atoms with Crippen LogP contribution in [-0.4, -0.2) is 5.11 Å². The Labute approximate surface area is 109 Å². The van der Waals surface area contributed by atoms with Crippen LogP contribution in [0.15, 0.2) is 34.6 Å². The van der Waals surface area contributed by atoms with Gasteiger partial charge in [0.2, 0.25) is 0 Å². The Morgan fingerprint density at radius 2 is 2.39 bits per heavy atom. The van der Waals surface area contributed by atoms with Crippen molar-refractivity contribution in [1.82, 2.24) is 0 Å². The van der Waals surface area contributed by atoms with Crippen LogP contribution in [-0.2, 0) is 0 Å². The van der Waals surface area contributed by atoms with Gasteiger partial charge in [0, 0.05) is 6.42 Å². The van der Waals surface area contributed by atoms with Crippen molar-refractivity contribution in [3.8, 4) is 18.4 Å². The zero-order chi connectivity index (χ0) is 13.5. The fourth-order valence-electron chi connectivity index (χ4n) is 2.30. The van der Waals surface area contributed by atoms with E-state index >= 15 is 0 Å². The molecule has 0 amide bonds. The average molecular weight is 241 g/mol. The number of nitriles is 1. The molecule has 0 radical (unpaired) electrons. The largest absolute Gasteiger partial charge is 0.511 e. The minimum absolute atomic E-state index is 0.150. The van der Waals surface area contributed by atoms with Crippen LogP contribution in [0.4, 0.5) is 0 Å². The molecular formula is C16H19NO. The van der Waals surface area contributed by atoms with E-state index in [9.17, 15) is 5.11 Å². The second-order valence-electron chi connectivity index (χ2n) is 4.80. The molecule has 0 saturated heterocycles. The maximum atomic E-state index is 10.1. The molecule has 0 aliphatic heterocycles.